The number of hydrogen-bond acceptors (Lipinski definition) is 2. The molecule has 2 aromatic rings. The number of alkyl halides is 2. The quantitative estimate of drug-likeness (QED) is 0.721. The third-order valence-corrected chi connectivity index (χ3v) is 5.00. The third-order valence-electron chi connectivity index (χ3n) is 4.28. The molecule has 0 bridgehead atoms. The molecule has 24 heavy (non-hydrogen) atoms. The molecule has 1 heterocycles. The normalized spacial score (nSPS) is 17.5. The molecule has 0 aliphatic carbocycles. The number of hydrogen-bond donors (Lipinski definition) is 0. The Morgan fingerprint density at radius 1 is 1.12 bits per heavy atom. The van der Waals surface area contributed by atoms with Crippen LogP contribution >= 0.6 is 11.8 Å². The van der Waals surface area contributed by atoms with E-state index in [2.05, 4.69) is 12.1 Å². The van der Waals surface area contributed by atoms with Gasteiger partial charge in [-0.2, -0.15) is 8.78 Å². The van der Waals surface area contributed by atoms with Crippen molar-refractivity contribution in [3.05, 3.63) is 65.7 Å². The standard InChI is InChI=1S/C19H19F2NOS/c20-19(21)24-17-10-8-15(9-11-17)18(23)22-12-4-7-16(22)13-14-5-2-1-3-6-14/h1-3,5-6,8-11,16,19H,4,7,12-13H2. The summed E-state index contributed by atoms with van der Waals surface area (Å²) in [7, 11) is 0. The molecule has 1 fully saturated rings. The van der Waals surface area contributed by atoms with E-state index < -0.39 is 5.76 Å². The van der Waals surface area contributed by atoms with Crippen molar-refractivity contribution in [3.63, 3.8) is 0 Å². The van der Waals surface area contributed by atoms with Crippen molar-refractivity contribution in [3.8, 4) is 0 Å². The zero-order valence-corrected chi connectivity index (χ0v) is 14.0. The molecule has 1 aliphatic heterocycles. The monoisotopic (exact) mass is 347 g/mol. The first-order valence-electron chi connectivity index (χ1n) is 8.03. The maximum absolute atomic E-state index is 12.8. The SMILES string of the molecule is O=C(c1ccc(SC(F)F)cc1)N1CCCC1Cc1ccccc1. The lowest BCUT2D eigenvalue weighted by Gasteiger charge is -2.25. The van der Waals surface area contributed by atoms with Crippen molar-refractivity contribution in [2.45, 2.75) is 36.0 Å². The van der Waals surface area contributed by atoms with Crippen molar-refractivity contribution in [1.29, 1.82) is 0 Å². The van der Waals surface area contributed by atoms with Crippen LogP contribution in [0.3, 0.4) is 0 Å². The van der Waals surface area contributed by atoms with Gasteiger partial charge in [0, 0.05) is 23.0 Å². The van der Waals surface area contributed by atoms with Gasteiger partial charge in [0.15, 0.2) is 0 Å². The molecule has 1 unspecified atom stereocenters. The van der Waals surface area contributed by atoms with E-state index >= 15 is 0 Å². The second kappa shape index (κ2) is 7.79. The smallest absolute Gasteiger partial charge is 0.288 e. The molecule has 3 rings (SSSR count). The number of carbonyl (C=O) groups excluding carboxylic acids is 1. The van der Waals surface area contributed by atoms with Gasteiger partial charge in [-0.05, 0) is 49.1 Å². The predicted molar refractivity (Wildman–Crippen MR) is 92.5 cm³/mol. The number of rotatable bonds is 5. The summed E-state index contributed by atoms with van der Waals surface area (Å²) in [4.78, 5) is 15.1. The van der Waals surface area contributed by atoms with E-state index in [-0.39, 0.29) is 11.9 Å². The average Bonchev–Trinajstić information content (AvgIpc) is 3.03. The van der Waals surface area contributed by atoms with Crippen LogP contribution in [0.15, 0.2) is 59.5 Å². The van der Waals surface area contributed by atoms with E-state index in [9.17, 15) is 13.6 Å². The largest absolute Gasteiger partial charge is 0.335 e. The molecule has 0 N–H and O–H groups in total. The summed E-state index contributed by atoms with van der Waals surface area (Å²) < 4.78 is 24.7. The predicted octanol–water partition coefficient (Wildman–Crippen LogP) is 4.85. The topological polar surface area (TPSA) is 20.3 Å². The van der Waals surface area contributed by atoms with Gasteiger partial charge < -0.3 is 4.90 Å². The average molecular weight is 347 g/mol. The molecule has 126 valence electrons. The van der Waals surface area contributed by atoms with Crippen LogP contribution < -0.4 is 0 Å². The highest BCUT2D eigenvalue weighted by Gasteiger charge is 2.29. The second-order valence-corrected chi connectivity index (χ2v) is 6.95. The van der Waals surface area contributed by atoms with Gasteiger partial charge in [-0.25, -0.2) is 0 Å². The molecule has 1 atom stereocenters. The molecular weight excluding hydrogens is 328 g/mol. The van der Waals surface area contributed by atoms with E-state index in [0.717, 1.165) is 25.8 Å². The van der Waals surface area contributed by atoms with Crippen molar-refractivity contribution in [2.75, 3.05) is 6.54 Å². The number of thioether (sulfide) groups is 1. The number of halogens is 2. The summed E-state index contributed by atoms with van der Waals surface area (Å²) in [6, 6.07) is 16.8. The van der Waals surface area contributed by atoms with Crippen LogP contribution in [0.4, 0.5) is 8.78 Å². The van der Waals surface area contributed by atoms with E-state index in [4.69, 9.17) is 0 Å². The fourth-order valence-corrected chi connectivity index (χ4v) is 3.65. The van der Waals surface area contributed by atoms with Gasteiger partial charge in [0.1, 0.15) is 0 Å². The van der Waals surface area contributed by atoms with Crippen molar-refractivity contribution < 1.29 is 13.6 Å². The van der Waals surface area contributed by atoms with Gasteiger partial charge in [0.25, 0.3) is 11.7 Å². The molecule has 0 saturated carbocycles. The molecular formula is C19H19F2NOS. The fraction of sp³-hybridized carbons (Fsp3) is 0.316. The Hall–Kier alpha value is -1.88. The van der Waals surface area contributed by atoms with Crippen LogP contribution in [-0.4, -0.2) is 29.2 Å². The Morgan fingerprint density at radius 2 is 1.83 bits per heavy atom. The highest BCUT2D eigenvalue weighted by atomic mass is 32.2. The fourth-order valence-electron chi connectivity index (χ4n) is 3.15. The zero-order chi connectivity index (χ0) is 16.9. The number of amides is 1. The molecule has 0 radical (unpaired) electrons. The van der Waals surface area contributed by atoms with E-state index in [0.29, 0.717) is 22.2 Å². The maximum Gasteiger partial charge on any atom is 0.288 e. The summed E-state index contributed by atoms with van der Waals surface area (Å²) in [6.45, 7) is 0.754. The Bertz CT molecular complexity index is 676. The minimum Gasteiger partial charge on any atom is -0.335 e. The van der Waals surface area contributed by atoms with Gasteiger partial charge in [0.2, 0.25) is 0 Å². The minimum absolute atomic E-state index is 0.0120. The first-order chi connectivity index (χ1) is 11.6. The zero-order valence-electron chi connectivity index (χ0n) is 13.2. The summed E-state index contributed by atoms with van der Waals surface area (Å²) >= 11 is 0.495. The van der Waals surface area contributed by atoms with Crippen LogP contribution in [0, 0.1) is 0 Å². The number of nitrogens with zero attached hydrogens (tertiary/aromatic N) is 1. The number of carbonyl (C=O) groups is 1. The summed E-state index contributed by atoms with van der Waals surface area (Å²) in [5, 5.41) is 0. The van der Waals surface area contributed by atoms with E-state index in [1.165, 1.54) is 5.56 Å². The summed E-state index contributed by atoms with van der Waals surface area (Å²) in [5.41, 5.74) is 1.79. The Labute approximate surface area is 144 Å². The molecule has 0 spiro atoms. The van der Waals surface area contributed by atoms with Gasteiger partial charge in [-0.1, -0.05) is 42.1 Å². The molecule has 1 aliphatic rings. The van der Waals surface area contributed by atoms with Crippen LogP contribution in [0.5, 0.6) is 0 Å². The molecule has 1 saturated heterocycles. The number of benzene rings is 2. The van der Waals surface area contributed by atoms with Crippen molar-refractivity contribution in [1.82, 2.24) is 4.90 Å². The van der Waals surface area contributed by atoms with Crippen LogP contribution in [0.2, 0.25) is 0 Å². The Kier molecular flexibility index (Phi) is 5.51. The van der Waals surface area contributed by atoms with Gasteiger partial charge >= 0.3 is 0 Å². The number of likely N-dealkylation sites (tertiary alicyclic amines) is 1. The molecule has 2 aromatic carbocycles. The van der Waals surface area contributed by atoms with E-state index in [1.807, 2.05) is 23.1 Å². The van der Waals surface area contributed by atoms with Crippen LogP contribution in [0.25, 0.3) is 0 Å². The first kappa shape index (κ1) is 17.0. The lowest BCUT2D eigenvalue weighted by atomic mass is 10.0. The van der Waals surface area contributed by atoms with Gasteiger partial charge in [-0.3, -0.25) is 4.79 Å². The Balaban J connectivity index is 1.69. The molecule has 5 heteroatoms. The summed E-state index contributed by atoms with van der Waals surface area (Å²) in [5.74, 6) is -2.46. The molecule has 1 amide bonds. The first-order valence-corrected chi connectivity index (χ1v) is 8.91. The highest BCUT2D eigenvalue weighted by Crippen LogP contribution is 2.27. The Morgan fingerprint density at radius 3 is 2.50 bits per heavy atom. The maximum atomic E-state index is 12.8. The van der Waals surface area contributed by atoms with Crippen LogP contribution in [-0.2, 0) is 6.42 Å². The lowest BCUT2D eigenvalue weighted by Crippen LogP contribution is -2.36. The highest BCUT2D eigenvalue weighted by molar-refractivity contribution is 7.99. The van der Waals surface area contributed by atoms with Crippen molar-refractivity contribution in [2.24, 2.45) is 0 Å². The lowest BCUT2D eigenvalue weighted by molar-refractivity contribution is 0.0736. The summed E-state index contributed by atoms with van der Waals surface area (Å²) in [6.07, 6.45) is 2.86. The molecule has 0 aromatic heterocycles. The van der Waals surface area contributed by atoms with Crippen LogP contribution in [0.1, 0.15) is 28.8 Å². The molecule has 2 nitrogen and oxygen atoms in total. The third kappa shape index (κ3) is 4.15. The second-order valence-electron chi connectivity index (χ2n) is 5.89. The van der Waals surface area contributed by atoms with E-state index in [1.54, 1.807) is 24.3 Å². The van der Waals surface area contributed by atoms with Gasteiger partial charge in [-0.15, -0.1) is 0 Å². The van der Waals surface area contributed by atoms with Crippen molar-refractivity contribution >= 4 is 17.7 Å². The minimum atomic E-state index is -2.44. The van der Waals surface area contributed by atoms with Gasteiger partial charge in [0.05, 0.1) is 0 Å².